The molecule has 0 unspecified atom stereocenters. The number of aryl methyl sites for hydroxylation is 1. The van der Waals surface area contributed by atoms with E-state index in [0.717, 1.165) is 35.6 Å². The Morgan fingerprint density at radius 1 is 1.20 bits per heavy atom. The van der Waals surface area contributed by atoms with Crippen molar-refractivity contribution in [3.05, 3.63) is 63.2 Å². The first-order valence-electron chi connectivity index (χ1n) is 8.96. The molecule has 0 bridgehead atoms. The van der Waals surface area contributed by atoms with E-state index in [1.807, 2.05) is 39.0 Å². The van der Waals surface area contributed by atoms with Gasteiger partial charge in [0.1, 0.15) is 4.90 Å². The fourth-order valence-corrected chi connectivity index (χ4v) is 3.66. The first-order valence-corrected chi connectivity index (χ1v) is 10.9. The molecule has 0 aliphatic heterocycles. The van der Waals surface area contributed by atoms with Crippen molar-refractivity contribution >= 4 is 33.1 Å². The average Bonchev–Trinajstić information content (AvgIpc) is 2.66. The van der Waals surface area contributed by atoms with E-state index in [2.05, 4.69) is 5.32 Å². The zero-order valence-corrected chi connectivity index (χ0v) is 17.8. The third-order valence-electron chi connectivity index (χ3n) is 4.32. The zero-order chi connectivity index (χ0) is 22.6. The number of amides is 1. The second kappa shape index (κ2) is 9.04. The first-order chi connectivity index (χ1) is 13.9. The van der Waals surface area contributed by atoms with Crippen LogP contribution >= 0.6 is 0 Å². The lowest BCUT2D eigenvalue weighted by molar-refractivity contribution is -0.387. The number of benzene rings is 2. The van der Waals surface area contributed by atoms with Crippen molar-refractivity contribution in [3.63, 3.8) is 0 Å². The number of ether oxygens (including phenoxy) is 1. The summed E-state index contributed by atoms with van der Waals surface area (Å²) in [5, 5.41) is 13.9. The van der Waals surface area contributed by atoms with Gasteiger partial charge in [-0.15, -0.1) is 0 Å². The minimum atomic E-state index is -3.85. The molecule has 1 amide bonds. The van der Waals surface area contributed by atoms with E-state index in [9.17, 15) is 28.1 Å². The van der Waals surface area contributed by atoms with Crippen LogP contribution in [-0.4, -0.2) is 38.1 Å². The summed E-state index contributed by atoms with van der Waals surface area (Å²) in [5.41, 5.74) is 1.45. The molecule has 2 aromatic rings. The highest BCUT2D eigenvalue weighted by molar-refractivity contribution is 7.90. The molecule has 0 radical (unpaired) electrons. The zero-order valence-electron chi connectivity index (χ0n) is 17.0. The first kappa shape index (κ1) is 23.0. The molecule has 0 atom stereocenters. The highest BCUT2D eigenvalue weighted by Gasteiger charge is 2.24. The number of nitrogens with zero attached hydrogens (tertiary/aromatic N) is 1. The molecule has 10 heteroatoms. The van der Waals surface area contributed by atoms with E-state index in [-0.39, 0.29) is 11.5 Å². The van der Waals surface area contributed by atoms with Crippen molar-refractivity contribution in [2.45, 2.75) is 31.6 Å². The van der Waals surface area contributed by atoms with Gasteiger partial charge in [0.15, 0.2) is 16.4 Å². The highest BCUT2D eigenvalue weighted by atomic mass is 32.2. The number of nitro groups is 1. The van der Waals surface area contributed by atoms with Gasteiger partial charge in [0.25, 0.3) is 11.6 Å². The molecule has 0 saturated carbocycles. The maximum Gasteiger partial charge on any atom is 0.338 e. The number of hydrogen-bond donors (Lipinski definition) is 1. The summed E-state index contributed by atoms with van der Waals surface area (Å²) in [6.07, 6.45) is 0.828. The predicted octanol–water partition coefficient (Wildman–Crippen LogP) is 3.23. The van der Waals surface area contributed by atoms with Crippen LogP contribution in [-0.2, 0) is 19.4 Å². The van der Waals surface area contributed by atoms with E-state index < -0.39 is 43.8 Å². The summed E-state index contributed by atoms with van der Waals surface area (Å²) >= 11 is 0. The number of esters is 1. The van der Waals surface area contributed by atoms with Crippen LogP contribution in [0, 0.1) is 17.0 Å². The van der Waals surface area contributed by atoms with Crippen LogP contribution in [0.3, 0.4) is 0 Å². The summed E-state index contributed by atoms with van der Waals surface area (Å²) < 4.78 is 28.3. The van der Waals surface area contributed by atoms with Gasteiger partial charge < -0.3 is 10.1 Å². The summed E-state index contributed by atoms with van der Waals surface area (Å²) in [6, 6.07) is 8.49. The van der Waals surface area contributed by atoms with Gasteiger partial charge in [0, 0.05) is 18.0 Å². The van der Waals surface area contributed by atoms with Crippen molar-refractivity contribution in [2.24, 2.45) is 0 Å². The van der Waals surface area contributed by atoms with Gasteiger partial charge >= 0.3 is 5.97 Å². The normalized spacial score (nSPS) is 11.2. The maximum atomic E-state index is 12.3. The standard InChI is InChI=1S/C20H22N2O7S/c1-12(2)15-7-5-6-13(3)19(15)21-18(23)11-29-20(24)14-8-9-17(30(4,27)28)16(10-14)22(25)26/h5-10,12H,11H2,1-4H3,(H,21,23). The summed E-state index contributed by atoms with van der Waals surface area (Å²) in [7, 11) is -3.85. The molecule has 0 aliphatic rings. The van der Waals surface area contributed by atoms with Crippen molar-refractivity contribution in [1.29, 1.82) is 0 Å². The van der Waals surface area contributed by atoms with Crippen LogP contribution in [0.5, 0.6) is 0 Å². The average molecular weight is 434 g/mol. The second-order valence-corrected chi connectivity index (χ2v) is 9.01. The Kier molecular flexibility index (Phi) is 6.93. The van der Waals surface area contributed by atoms with E-state index >= 15 is 0 Å². The molecular formula is C20H22N2O7S. The Bertz CT molecular complexity index is 1110. The number of carbonyl (C=O) groups is 2. The lowest BCUT2D eigenvalue weighted by Crippen LogP contribution is -2.22. The number of anilines is 1. The number of para-hydroxylation sites is 1. The van der Waals surface area contributed by atoms with Gasteiger partial charge in [-0.25, -0.2) is 13.2 Å². The molecule has 0 aromatic heterocycles. The van der Waals surface area contributed by atoms with Crippen LogP contribution in [0.25, 0.3) is 0 Å². The number of rotatable bonds is 7. The van der Waals surface area contributed by atoms with Gasteiger partial charge in [-0.2, -0.15) is 0 Å². The van der Waals surface area contributed by atoms with Crippen molar-refractivity contribution in [2.75, 3.05) is 18.2 Å². The molecule has 0 saturated heterocycles. The van der Waals surface area contributed by atoms with Crippen LogP contribution in [0.2, 0.25) is 0 Å². The van der Waals surface area contributed by atoms with E-state index in [1.54, 1.807) is 0 Å². The Labute approximate surface area is 174 Å². The largest absolute Gasteiger partial charge is 0.452 e. The molecule has 30 heavy (non-hydrogen) atoms. The molecular weight excluding hydrogens is 412 g/mol. The van der Waals surface area contributed by atoms with Crippen LogP contribution in [0.1, 0.15) is 41.3 Å². The van der Waals surface area contributed by atoms with Crippen LogP contribution < -0.4 is 5.32 Å². The molecule has 9 nitrogen and oxygen atoms in total. The molecule has 0 fully saturated rings. The van der Waals surface area contributed by atoms with Gasteiger partial charge in [-0.1, -0.05) is 32.0 Å². The van der Waals surface area contributed by atoms with Crippen LogP contribution in [0.15, 0.2) is 41.3 Å². The molecule has 2 rings (SSSR count). The van der Waals surface area contributed by atoms with Gasteiger partial charge in [-0.3, -0.25) is 14.9 Å². The van der Waals surface area contributed by atoms with Crippen molar-refractivity contribution in [1.82, 2.24) is 0 Å². The Morgan fingerprint density at radius 2 is 1.87 bits per heavy atom. The minimum Gasteiger partial charge on any atom is -0.452 e. The number of sulfone groups is 1. The van der Waals surface area contributed by atoms with E-state index in [1.165, 1.54) is 0 Å². The summed E-state index contributed by atoms with van der Waals surface area (Å²) in [4.78, 5) is 34.2. The third-order valence-corrected chi connectivity index (χ3v) is 5.46. The number of nitro benzene ring substituents is 1. The highest BCUT2D eigenvalue weighted by Crippen LogP contribution is 2.28. The quantitative estimate of drug-likeness (QED) is 0.402. The maximum absolute atomic E-state index is 12.3. The molecule has 0 spiro atoms. The van der Waals surface area contributed by atoms with Gasteiger partial charge in [0.05, 0.1) is 10.5 Å². The predicted molar refractivity (Wildman–Crippen MR) is 110 cm³/mol. The summed E-state index contributed by atoms with van der Waals surface area (Å²) in [6.45, 7) is 5.21. The van der Waals surface area contributed by atoms with Crippen molar-refractivity contribution in [3.8, 4) is 0 Å². The van der Waals surface area contributed by atoms with Gasteiger partial charge in [0.2, 0.25) is 0 Å². The number of carbonyl (C=O) groups excluding carboxylic acids is 2. The number of hydrogen-bond acceptors (Lipinski definition) is 7. The fraction of sp³-hybridized carbons (Fsp3) is 0.300. The topological polar surface area (TPSA) is 133 Å². The molecule has 1 N–H and O–H groups in total. The molecule has 2 aromatic carbocycles. The molecule has 0 heterocycles. The Hall–Kier alpha value is -3.27. The van der Waals surface area contributed by atoms with E-state index in [4.69, 9.17) is 4.74 Å². The third kappa shape index (κ3) is 5.41. The fourth-order valence-electron chi connectivity index (χ4n) is 2.83. The lowest BCUT2D eigenvalue weighted by Gasteiger charge is -2.16. The Balaban J connectivity index is 2.14. The van der Waals surface area contributed by atoms with Crippen LogP contribution in [0.4, 0.5) is 11.4 Å². The minimum absolute atomic E-state index is 0.164. The SMILES string of the molecule is Cc1cccc(C(C)C)c1NC(=O)COC(=O)c1ccc(S(C)(=O)=O)c([N+](=O)[O-])c1. The molecule has 160 valence electrons. The summed E-state index contributed by atoms with van der Waals surface area (Å²) in [5.74, 6) is -1.39. The lowest BCUT2D eigenvalue weighted by atomic mass is 9.98. The Morgan fingerprint density at radius 3 is 2.43 bits per heavy atom. The number of nitrogens with one attached hydrogen (secondary N) is 1. The van der Waals surface area contributed by atoms with Crippen molar-refractivity contribution < 1.29 is 27.7 Å². The van der Waals surface area contributed by atoms with Gasteiger partial charge in [-0.05, 0) is 36.1 Å². The molecule has 0 aliphatic carbocycles. The second-order valence-electron chi connectivity index (χ2n) is 7.03. The van der Waals surface area contributed by atoms with E-state index in [0.29, 0.717) is 5.69 Å². The monoisotopic (exact) mass is 434 g/mol. The smallest absolute Gasteiger partial charge is 0.338 e.